The molecule has 4 nitrogen and oxygen atoms in total. The summed E-state index contributed by atoms with van der Waals surface area (Å²) in [6, 6.07) is 1.73. The van der Waals surface area contributed by atoms with Crippen LogP contribution in [0.2, 0.25) is 0 Å². The van der Waals surface area contributed by atoms with E-state index in [1.165, 1.54) is 11.3 Å². The Kier molecular flexibility index (Phi) is 5.19. The molecule has 0 atom stereocenters. The minimum Gasteiger partial charge on any atom is -0.241 e. The van der Waals surface area contributed by atoms with Gasteiger partial charge in [-0.2, -0.15) is 0 Å². The third-order valence-electron chi connectivity index (χ3n) is 3.01. The van der Waals surface area contributed by atoms with Crippen LogP contribution in [-0.2, 0) is 10.0 Å². The lowest BCUT2D eigenvalue weighted by atomic mass is 10.1. The summed E-state index contributed by atoms with van der Waals surface area (Å²) in [5.41, 5.74) is 0.959. The normalized spacial score (nSPS) is 12.2. The first kappa shape index (κ1) is 16.6. The molecule has 7 heteroatoms. The SMILES string of the molecule is Cc1csc(-c2cc(S(=O)(=O)NCCC(C)C)c(C)s2)n1. The van der Waals surface area contributed by atoms with Crippen LogP contribution in [-0.4, -0.2) is 19.9 Å². The predicted molar refractivity (Wildman–Crippen MR) is 89.5 cm³/mol. The van der Waals surface area contributed by atoms with Crippen LogP contribution >= 0.6 is 22.7 Å². The largest absolute Gasteiger partial charge is 0.241 e. The molecular formula is C14H20N2O2S3. The van der Waals surface area contributed by atoms with Gasteiger partial charge in [-0.25, -0.2) is 18.1 Å². The highest BCUT2D eigenvalue weighted by Gasteiger charge is 2.21. The van der Waals surface area contributed by atoms with E-state index in [0.717, 1.165) is 26.9 Å². The predicted octanol–water partition coefficient (Wildman–Crippen LogP) is 3.81. The number of thiophene rings is 1. The first-order chi connectivity index (χ1) is 9.79. The van der Waals surface area contributed by atoms with E-state index in [9.17, 15) is 8.42 Å². The summed E-state index contributed by atoms with van der Waals surface area (Å²) in [5, 5.41) is 2.85. The molecule has 0 saturated carbocycles. The molecule has 21 heavy (non-hydrogen) atoms. The van der Waals surface area contributed by atoms with Crippen LogP contribution in [0.25, 0.3) is 9.88 Å². The van der Waals surface area contributed by atoms with Gasteiger partial charge >= 0.3 is 0 Å². The van der Waals surface area contributed by atoms with Crippen molar-refractivity contribution in [2.24, 2.45) is 5.92 Å². The Balaban J connectivity index is 2.22. The Hall–Kier alpha value is -0.760. The summed E-state index contributed by atoms with van der Waals surface area (Å²) < 4.78 is 27.4. The van der Waals surface area contributed by atoms with Crippen molar-refractivity contribution in [3.05, 3.63) is 22.0 Å². The maximum absolute atomic E-state index is 12.4. The second-order valence-electron chi connectivity index (χ2n) is 5.41. The summed E-state index contributed by atoms with van der Waals surface area (Å²) >= 11 is 3.02. The number of sulfonamides is 1. The summed E-state index contributed by atoms with van der Waals surface area (Å²) in [6.45, 7) is 8.40. The number of rotatable bonds is 6. The van der Waals surface area contributed by atoms with Crippen LogP contribution in [0.15, 0.2) is 16.3 Å². The Bertz CT molecular complexity index is 714. The molecule has 2 rings (SSSR count). The van der Waals surface area contributed by atoms with Crippen LogP contribution < -0.4 is 4.72 Å². The molecule has 0 fully saturated rings. The number of aryl methyl sites for hydroxylation is 2. The highest BCUT2D eigenvalue weighted by molar-refractivity contribution is 7.89. The van der Waals surface area contributed by atoms with E-state index in [1.54, 1.807) is 17.4 Å². The number of nitrogens with one attached hydrogen (secondary N) is 1. The zero-order valence-electron chi connectivity index (χ0n) is 12.6. The lowest BCUT2D eigenvalue weighted by Gasteiger charge is -2.07. The second-order valence-corrected chi connectivity index (χ2v) is 9.26. The van der Waals surface area contributed by atoms with E-state index < -0.39 is 10.0 Å². The van der Waals surface area contributed by atoms with Crippen LogP contribution in [0, 0.1) is 19.8 Å². The van der Waals surface area contributed by atoms with Gasteiger partial charge < -0.3 is 0 Å². The zero-order valence-corrected chi connectivity index (χ0v) is 15.1. The molecule has 1 N–H and O–H groups in total. The number of nitrogens with zero attached hydrogens (tertiary/aromatic N) is 1. The average Bonchev–Trinajstić information content (AvgIpc) is 2.95. The molecule has 0 aromatic carbocycles. The molecule has 0 unspecified atom stereocenters. The summed E-state index contributed by atoms with van der Waals surface area (Å²) in [7, 11) is -3.43. The van der Waals surface area contributed by atoms with Gasteiger partial charge in [0.2, 0.25) is 10.0 Å². The highest BCUT2D eigenvalue weighted by Crippen LogP contribution is 2.35. The quantitative estimate of drug-likeness (QED) is 0.867. The molecule has 0 aliphatic heterocycles. The van der Waals surface area contributed by atoms with Gasteiger partial charge in [0.1, 0.15) is 5.01 Å². The van der Waals surface area contributed by atoms with Crippen molar-refractivity contribution in [1.29, 1.82) is 0 Å². The van der Waals surface area contributed by atoms with Crippen LogP contribution in [0.5, 0.6) is 0 Å². The van der Waals surface area contributed by atoms with Crippen molar-refractivity contribution in [1.82, 2.24) is 9.71 Å². The van der Waals surface area contributed by atoms with Gasteiger partial charge in [-0.1, -0.05) is 13.8 Å². The second kappa shape index (κ2) is 6.56. The van der Waals surface area contributed by atoms with Crippen molar-refractivity contribution in [3.63, 3.8) is 0 Å². The van der Waals surface area contributed by atoms with Gasteiger partial charge in [-0.05, 0) is 32.3 Å². The topological polar surface area (TPSA) is 59.1 Å². The van der Waals surface area contributed by atoms with Gasteiger partial charge in [-0.3, -0.25) is 0 Å². The van der Waals surface area contributed by atoms with Crippen molar-refractivity contribution in [2.75, 3.05) is 6.54 Å². The fraction of sp³-hybridized carbons (Fsp3) is 0.500. The van der Waals surface area contributed by atoms with Crippen molar-refractivity contribution in [3.8, 4) is 9.88 Å². The van der Waals surface area contributed by atoms with Crippen LogP contribution in [0.3, 0.4) is 0 Å². The minimum absolute atomic E-state index is 0.374. The minimum atomic E-state index is -3.43. The Morgan fingerprint density at radius 1 is 1.33 bits per heavy atom. The molecule has 116 valence electrons. The zero-order chi connectivity index (χ0) is 15.6. The third-order valence-corrected chi connectivity index (χ3v) is 6.90. The van der Waals surface area contributed by atoms with E-state index in [-0.39, 0.29) is 0 Å². The number of aromatic nitrogens is 1. The lowest BCUT2D eigenvalue weighted by molar-refractivity contribution is 0.551. The first-order valence-corrected chi connectivity index (χ1v) is 10.00. The summed E-state index contributed by atoms with van der Waals surface area (Å²) in [6.07, 6.45) is 0.834. The molecule has 2 aromatic heterocycles. The number of hydrogen-bond acceptors (Lipinski definition) is 5. The highest BCUT2D eigenvalue weighted by atomic mass is 32.2. The molecule has 0 amide bonds. The van der Waals surface area contributed by atoms with Gasteiger partial charge in [-0.15, -0.1) is 22.7 Å². The number of hydrogen-bond donors (Lipinski definition) is 1. The molecule has 0 aliphatic carbocycles. The van der Waals surface area contributed by atoms with Gasteiger partial charge in [0.25, 0.3) is 0 Å². The summed E-state index contributed by atoms with van der Waals surface area (Å²) in [4.78, 5) is 6.50. The first-order valence-electron chi connectivity index (χ1n) is 6.82. The molecule has 0 radical (unpaired) electrons. The smallest absolute Gasteiger partial charge is 0.241 e. The molecule has 0 saturated heterocycles. The van der Waals surface area contributed by atoms with Crippen LogP contribution in [0.4, 0.5) is 0 Å². The maximum atomic E-state index is 12.4. The molecule has 0 spiro atoms. The summed E-state index contributed by atoms with van der Waals surface area (Å²) in [5.74, 6) is 0.477. The van der Waals surface area contributed by atoms with E-state index in [2.05, 4.69) is 23.6 Å². The lowest BCUT2D eigenvalue weighted by Crippen LogP contribution is -2.25. The van der Waals surface area contributed by atoms with Gasteiger partial charge in [0.15, 0.2) is 0 Å². The van der Waals surface area contributed by atoms with Gasteiger partial charge in [0, 0.05) is 22.5 Å². The maximum Gasteiger partial charge on any atom is 0.241 e. The molecule has 0 aliphatic rings. The Morgan fingerprint density at radius 3 is 2.62 bits per heavy atom. The Labute approximate surface area is 134 Å². The van der Waals surface area contributed by atoms with Crippen molar-refractivity contribution >= 4 is 32.7 Å². The average molecular weight is 345 g/mol. The van der Waals surface area contributed by atoms with E-state index in [4.69, 9.17) is 0 Å². The van der Waals surface area contributed by atoms with Crippen LogP contribution in [0.1, 0.15) is 30.8 Å². The third kappa shape index (κ3) is 4.12. The fourth-order valence-electron chi connectivity index (χ4n) is 1.86. The molecule has 2 aromatic rings. The number of thiazole rings is 1. The Morgan fingerprint density at radius 2 is 2.05 bits per heavy atom. The molecule has 2 heterocycles. The molecule has 0 bridgehead atoms. The van der Waals surface area contributed by atoms with Gasteiger partial charge in [0.05, 0.1) is 9.77 Å². The monoisotopic (exact) mass is 344 g/mol. The molecular weight excluding hydrogens is 324 g/mol. The van der Waals surface area contributed by atoms with Crippen molar-refractivity contribution in [2.45, 2.75) is 39.0 Å². The van der Waals surface area contributed by atoms with E-state index in [0.29, 0.717) is 17.4 Å². The van der Waals surface area contributed by atoms with E-state index >= 15 is 0 Å². The standard InChI is InChI=1S/C14H20N2O2S3/c1-9(2)5-6-15-21(17,18)13-7-12(20-11(13)4)14-16-10(3)8-19-14/h7-9,15H,5-6H2,1-4H3. The fourth-order valence-corrected chi connectivity index (χ4v) is 5.36. The van der Waals surface area contributed by atoms with Crippen molar-refractivity contribution < 1.29 is 8.42 Å². The van der Waals surface area contributed by atoms with E-state index in [1.807, 2.05) is 19.2 Å².